The Morgan fingerprint density at radius 1 is 0.889 bits per heavy atom. The largest absolute Gasteiger partial charge is 0.416 e. The zero-order chi connectivity index (χ0) is 19.2. The summed E-state index contributed by atoms with van der Waals surface area (Å²) in [5, 5.41) is 13.4. The molecule has 0 aliphatic rings. The smallest absolute Gasteiger partial charge is 0.248 e. The molecule has 0 atom stereocenters. The van der Waals surface area contributed by atoms with Crippen LogP contribution in [0.25, 0.3) is 33.5 Å². The molecule has 0 bridgehead atoms. The molecule has 0 amide bonds. The lowest BCUT2D eigenvalue weighted by atomic mass is 10.0. The summed E-state index contributed by atoms with van der Waals surface area (Å²) >= 11 is 6.57. The second kappa shape index (κ2) is 6.35. The molecule has 2 heterocycles. The third-order valence-corrected chi connectivity index (χ3v) is 4.57. The van der Waals surface area contributed by atoms with Gasteiger partial charge in [0.25, 0.3) is 0 Å². The first kappa shape index (κ1) is 17.5. The van der Waals surface area contributed by atoms with E-state index in [-0.39, 0.29) is 16.3 Å². The zero-order valence-corrected chi connectivity index (χ0v) is 14.8. The van der Waals surface area contributed by atoms with Gasteiger partial charge in [0.2, 0.25) is 0 Å². The number of rotatable bonds is 2. The maximum absolute atomic E-state index is 13.0. The van der Waals surface area contributed by atoms with E-state index in [1.165, 1.54) is 12.1 Å². The fourth-order valence-electron chi connectivity index (χ4n) is 2.92. The highest BCUT2D eigenvalue weighted by atomic mass is 35.5. The van der Waals surface area contributed by atoms with Crippen molar-refractivity contribution in [3.05, 3.63) is 65.2 Å². The third kappa shape index (κ3) is 3.04. The van der Waals surface area contributed by atoms with Gasteiger partial charge in [-0.1, -0.05) is 54.1 Å². The minimum atomic E-state index is -4.45. The summed E-state index contributed by atoms with van der Waals surface area (Å²) in [6.45, 7) is 0. The van der Waals surface area contributed by atoms with E-state index in [9.17, 15) is 13.2 Å². The van der Waals surface area contributed by atoms with Gasteiger partial charge in [0.15, 0.2) is 5.65 Å². The molecule has 0 N–H and O–H groups in total. The van der Waals surface area contributed by atoms with Crippen molar-refractivity contribution in [3.8, 4) is 22.5 Å². The van der Waals surface area contributed by atoms with E-state index >= 15 is 0 Å². The maximum atomic E-state index is 13.0. The monoisotopic (exact) mass is 388 g/mol. The van der Waals surface area contributed by atoms with Crippen LogP contribution in [0.3, 0.4) is 0 Å². The highest BCUT2D eigenvalue weighted by molar-refractivity contribution is 6.38. The molecule has 136 valence electrons. The van der Waals surface area contributed by atoms with Crippen molar-refractivity contribution in [1.29, 1.82) is 0 Å². The zero-order valence-electron chi connectivity index (χ0n) is 14.0. The molecule has 0 aliphatic carbocycles. The number of hydrogen-bond acceptors (Lipinski definition) is 3. The predicted molar refractivity (Wildman–Crippen MR) is 97.2 cm³/mol. The highest BCUT2D eigenvalue weighted by Gasteiger charge is 2.31. The second-order valence-electron chi connectivity index (χ2n) is 5.98. The lowest BCUT2D eigenvalue weighted by Crippen LogP contribution is -2.05. The number of benzene rings is 2. The van der Waals surface area contributed by atoms with Crippen molar-refractivity contribution in [2.45, 2.75) is 6.18 Å². The van der Waals surface area contributed by atoms with Crippen molar-refractivity contribution in [2.75, 3.05) is 0 Å². The van der Waals surface area contributed by atoms with Crippen molar-refractivity contribution >= 4 is 22.6 Å². The van der Waals surface area contributed by atoms with Crippen molar-refractivity contribution in [2.24, 2.45) is 7.05 Å². The number of fused-ring (bicyclic) bond motifs is 1. The van der Waals surface area contributed by atoms with Gasteiger partial charge >= 0.3 is 6.18 Å². The van der Waals surface area contributed by atoms with Crippen LogP contribution in [0.5, 0.6) is 0 Å². The van der Waals surface area contributed by atoms with Crippen LogP contribution in [0.2, 0.25) is 5.02 Å². The first-order valence-corrected chi connectivity index (χ1v) is 8.36. The van der Waals surface area contributed by atoms with Crippen molar-refractivity contribution < 1.29 is 13.2 Å². The van der Waals surface area contributed by atoms with E-state index in [4.69, 9.17) is 11.6 Å². The van der Waals surface area contributed by atoms with Gasteiger partial charge in [-0.25, -0.2) is 4.68 Å². The first-order chi connectivity index (χ1) is 12.9. The fraction of sp³-hybridized carbons (Fsp3) is 0.105. The molecule has 0 radical (unpaired) electrons. The molecule has 4 rings (SSSR count). The van der Waals surface area contributed by atoms with E-state index in [0.717, 1.165) is 17.7 Å². The summed E-state index contributed by atoms with van der Waals surface area (Å²) in [4.78, 5) is 0. The molecule has 4 aromatic rings. The summed E-state index contributed by atoms with van der Waals surface area (Å²) in [6.07, 6.45) is -4.45. The third-order valence-electron chi connectivity index (χ3n) is 4.20. The fourth-order valence-corrected chi connectivity index (χ4v) is 3.24. The maximum Gasteiger partial charge on any atom is 0.416 e. The standard InChI is InChI=1S/C19H12ClF3N4/c1-27-18-14(16(26-27)11-6-3-2-4-7-11)15(20)17(24-25-18)12-8-5-9-13(10-12)19(21,22)23/h2-10H,1H3. The number of halogens is 4. The Balaban J connectivity index is 1.96. The summed E-state index contributed by atoms with van der Waals surface area (Å²) < 4.78 is 40.7. The van der Waals surface area contributed by atoms with Crippen molar-refractivity contribution in [3.63, 3.8) is 0 Å². The molecule has 0 saturated carbocycles. The van der Waals surface area contributed by atoms with Crippen LogP contribution in [0.4, 0.5) is 13.2 Å². The average Bonchev–Trinajstić information content (AvgIpc) is 3.00. The molecular weight excluding hydrogens is 377 g/mol. The molecule has 0 unspecified atom stereocenters. The Kier molecular flexibility index (Phi) is 4.11. The SMILES string of the molecule is Cn1nc(-c2ccccc2)c2c(Cl)c(-c3cccc(C(F)(F)F)c3)nnc21. The van der Waals surface area contributed by atoms with Crippen LogP contribution in [0.15, 0.2) is 54.6 Å². The lowest BCUT2D eigenvalue weighted by molar-refractivity contribution is -0.137. The molecular formula is C19H12ClF3N4. The molecule has 0 spiro atoms. The van der Waals surface area contributed by atoms with Crippen LogP contribution in [0, 0.1) is 0 Å². The molecule has 27 heavy (non-hydrogen) atoms. The number of hydrogen-bond donors (Lipinski definition) is 0. The van der Waals surface area contributed by atoms with Gasteiger partial charge in [-0.2, -0.15) is 18.3 Å². The molecule has 2 aromatic carbocycles. The highest BCUT2D eigenvalue weighted by Crippen LogP contribution is 2.38. The number of aromatic nitrogens is 4. The number of aryl methyl sites for hydroxylation is 1. The van der Waals surface area contributed by atoms with Gasteiger partial charge in [0.1, 0.15) is 11.4 Å². The first-order valence-electron chi connectivity index (χ1n) is 7.98. The molecule has 8 heteroatoms. The van der Waals surface area contributed by atoms with Gasteiger partial charge in [0, 0.05) is 18.2 Å². The van der Waals surface area contributed by atoms with Gasteiger partial charge < -0.3 is 0 Å². The molecule has 2 aromatic heterocycles. The van der Waals surface area contributed by atoms with Crippen LogP contribution in [-0.2, 0) is 13.2 Å². The lowest BCUT2D eigenvalue weighted by Gasteiger charge is -2.09. The van der Waals surface area contributed by atoms with Crippen LogP contribution < -0.4 is 0 Å². The minimum Gasteiger partial charge on any atom is -0.248 e. The van der Waals surface area contributed by atoms with Gasteiger partial charge in [-0.3, -0.25) is 0 Å². The average molecular weight is 389 g/mol. The van der Waals surface area contributed by atoms with Gasteiger partial charge in [-0.05, 0) is 12.1 Å². The topological polar surface area (TPSA) is 43.6 Å². The van der Waals surface area contributed by atoms with Crippen LogP contribution in [-0.4, -0.2) is 20.0 Å². The van der Waals surface area contributed by atoms with Gasteiger partial charge in [0.05, 0.1) is 16.0 Å². The summed E-state index contributed by atoms with van der Waals surface area (Å²) in [5.41, 5.74) is 1.53. The van der Waals surface area contributed by atoms with Gasteiger partial charge in [-0.15, -0.1) is 10.2 Å². The molecule has 0 aliphatic heterocycles. The normalized spacial score (nSPS) is 11.9. The Hall–Kier alpha value is -2.93. The molecule has 4 nitrogen and oxygen atoms in total. The van der Waals surface area contributed by atoms with Crippen molar-refractivity contribution in [1.82, 2.24) is 20.0 Å². The van der Waals surface area contributed by atoms with Crippen LogP contribution in [0.1, 0.15) is 5.56 Å². The van der Waals surface area contributed by atoms with E-state index in [1.807, 2.05) is 30.3 Å². The Bertz CT molecular complexity index is 1140. The Labute approximate surface area is 157 Å². The van der Waals surface area contributed by atoms with E-state index in [2.05, 4.69) is 15.3 Å². The van der Waals surface area contributed by atoms with E-state index < -0.39 is 11.7 Å². The molecule has 0 saturated heterocycles. The second-order valence-corrected chi connectivity index (χ2v) is 6.36. The molecule has 0 fully saturated rings. The van der Waals surface area contributed by atoms with Crippen LogP contribution >= 0.6 is 11.6 Å². The number of nitrogens with zero attached hydrogens (tertiary/aromatic N) is 4. The summed E-state index contributed by atoms with van der Waals surface area (Å²) in [6, 6.07) is 14.2. The summed E-state index contributed by atoms with van der Waals surface area (Å²) in [7, 11) is 1.71. The van der Waals surface area contributed by atoms with E-state index in [1.54, 1.807) is 11.7 Å². The quantitative estimate of drug-likeness (QED) is 0.463. The number of alkyl halides is 3. The predicted octanol–water partition coefficient (Wildman–Crippen LogP) is 5.37. The Morgan fingerprint density at radius 3 is 2.30 bits per heavy atom. The Morgan fingerprint density at radius 2 is 1.59 bits per heavy atom. The summed E-state index contributed by atoms with van der Waals surface area (Å²) in [5.74, 6) is 0. The minimum absolute atomic E-state index is 0.181. The van der Waals surface area contributed by atoms with E-state index in [0.29, 0.717) is 16.7 Å².